The minimum Gasteiger partial charge on any atom is -0.392 e. The Kier molecular flexibility index (Phi) is 5.76. The average molecular weight is 290 g/mol. The second-order valence-electron chi connectivity index (χ2n) is 5.92. The van der Waals surface area contributed by atoms with Crippen molar-refractivity contribution in [1.29, 1.82) is 0 Å². The van der Waals surface area contributed by atoms with Crippen LogP contribution in [0, 0.1) is 0 Å². The summed E-state index contributed by atoms with van der Waals surface area (Å²) in [7, 11) is 0. The first-order chi connectivity index (χ1) is 10.1. The van der Waals surface area contributed by atoms with Gasteiger partial charge in [-0.25, -0.2) is 0 Å². The van der Waals surface area contributed by atoms with Gasteiger partial charge in [0.1, 0.15) is 0 Å². The van der Waals surface area contributed by atoms with Crippen molar-refractivity contribution in [3.63, 3.8) is 0 Å². The Bertz CT molecular complexity index is 458. The van der Waals surface area contributed by atoms with Gasteiger partial charge in [-0.15, -0.1) is 0 Å². The van der Waals surface area contributed by atoms with Gasteiger partial charge in [0.05, 0.1) is 18.7 Å². The van der Waals surface area contributed by atoms with Gasteiger partial charge in [-0.3, -0.25) is 9.69 Å². The number of rotatable bonds is 5. The maximum absolute atomic E-state index is 12.1. The van der Waals surface area contributed by atoms with Crippen molar-refractivity contribution in [3.8, 4) is 0 Å². The van der Waals surface area contributed by atoms with E-state index in [1.807, 2.05) is 11.8 Å². The second-order valence-corrected chi connectivity index (χ2v) is 5.92. The summed E-state index contributed by atoms with van der Waals surface area (Å²) in [4.78, 5) is 14.1. The maximum Gasteiger partial charge on any atom is 0.234 e. The number of aryl methyl sites for hydroxylation is 1. The van der Waals surface area contributed by atoms with E-state index in [1.165, 1.54) is 5.56 Å². The van der Waals surface area contributed by atoms with Crippen LogP contribution >= 0.6 is 0 Å². The number of aliphatic hydroxyl groups excluding tert-OH is 1. The lowest BCUT2D eigenvalue weighted by molar-refractivity contribution is -0.123. The molecule has 116 valence electrons. The Morgan fingerprint density at radius 1 is 1.43 bits per heavy atom. The zero-order valence-electron chi connectivity index (χ0n) is 13.0. The first kappa shape index (κ1) is 16.0. The van der Waals surface area contributed by atoms with Crippen LogP contribution in [-0.4, -0.2) is 41.7 Å². The van der Waals surface area contributed by atoms with Gasteiger partial charge in [0.15, 0.2) is 0 Å². The summed E-state index contributed by atoms with van der Waals surface area (Å²) in [5, 5.41) is 12.7. The molecule has 1 amide bonds. The Morgan fingerprint density at radius 3 is 2.76 bits per heavy atom. The molecule has 0 bridgehead atoms. The molecule has 0 aromatic heterocycles. The van der Waals surface area contributed by atoms with E-state index in [1.54, 1.807) is 0 Å². The van der Waals surface area contributed by atoms with Crippen LogP contribution in [0.1, 0.15) is 43.9 Å². The number of hydrogen-bond acceptors (Lipinski definition) is 3. The predicted molar refractivity (Wildman–Crippen MR) is 84.1 cm³/mol. The number of piperidine rings is 1. The Balaban J connectivity index is 1.83. The Labute approximate surface area is 127 Å². The third-order valence-electron chi connectivity index (χ3n) is 4.11. The standard InChI is InChI=1S/C17H26N2O2/c1-3-14-6-8-15(9-7-14)13(2)18-17(21)12-19-10-4-5-16(20)11-19/h6-9,13,16,20H,3-5,10-12H2,1-2H3,(H,18,21). The van der Waals surface area contributed by atoms with Crippen LogP contribution < -0.4 is 5.32 Å². The van der Waals surface area contributed by atoms with E-state index < -0.39 is 0 Å². The van der Waals surface area contributed by atoms with Crippen LogP contribution in [0.5, 0.6) is 0 Å². The maximum atomic E-state index is 12.1. The summed E-state index contributed by atoms with van der Waals surface area (Å²) >= 11 is 0. The number of benzene rings is 1. The van der Waals surface area contributed by atoms with Crippen LogP contribution in [0.4, 0.5) is 0 Å². The lowest BCUT2D eigenvalue weighted by Crippen LogP contribution is -2.44. The van der Waals surface area contributed by atoms with Gasteiger partial charge in [0, 0.05) is 6.54 Å². The molecule has 0 spiro atoms. The van der Waals surface area contributed by atoms with Crippen molar-refractivity contribution in [2.45, 2.75) is 45.3 Å². The molecule has 1 saturated heterocycles. The Hall–Kier alpha value is -1.39. The van der Waals surface area contributed by atoms with E-state index in [0.29, 0.717) is 13.1 Å². The molecule has 0 radical (unpaired) electrons. The first-order valence-corrected chi connectivity index (χ1v) is 7.87. The average Bonchev–Trinajstić information content (AvgIpc) is 2.47. The van der Waals surface area contributed by atoms with Gasteiger partial charge in [0.25, 0.3) is 0 Å². The van der Waals surface area contributed by atoms with Crippen molar-refractivity contribution in [2.75, 3.05) is 19.6 Å². The summed E-state index contributed by atoms with van der Waals surface area (Å²) in [5.74, 6) is 0.0242. The SMILES string of the molecule is CCc1ccc(C(C)NC(=O)CN2CCCC(O)C2)cc1. The molecule has 1 aromatic carbocycles. The van der Waals surface area contributed by atoms with E-state index >= 15 is 0 Å². The third kappa shape index (κ3) is 4.83. The van der Waals surface area contributed by atoms with Gasteiger partial charge in [0.2, 0.25) is 5.91 Å². The summed E-state index contributed by atoms with van der Waals surface area (Å²) in [6, 6.07) is 8.39. The molecule has 0 aliphatic carbocycles. The molecule has 1 heterocycles. The van der Waals surface area contributed by atoms with E-state index in [2.05, 4.69) is 36.5 Å². The molecular weight excluding hydrogens is 264 g/mol. The van der Waals surface area contributed by atoms with Gasteiger partial charge in [-0.2, -0.15) is 0 Å². The molecule has 21 heavy (non-hydrogen) atoms. The molecule has 2 atom stereocenters. The van der Waals surface area contributed by atoms with Crippen LogP contribution in [-0.2, 0) is 11.2 Å². The number of aliphatic hydroxyl groups is 1. The van der Waals surface area contributed by atoms with Crippen LogP contribution in [0.25, 0.3) is 0 Å². The molecule has 1 aliphatic heterocycles. The molecule has 1 fully saturated rings. The van der Waals surface area contributed by atoms with Gasteiger partial charge in [-0.05, 0) is 43.9 Å². The highest BCUT2D eigenvalue weighted by molar-refractivity contribution is 5.78. The normalized spacial score (nSPS) is 21.0. The summed E-state index contributed by atoms with van der Waals surface area (Å²) in [6.45, 7) is 6.00. The van der Waals surface area contributed by atoms with Crippen LogP contribution in [0.2, 0.25) is 0 Å². The lowest BCUT2D eigenvalue weighted by atomic mass is 10.0. The molecule has 1 aromatic rings. The number of likely N-dealkylation sites (tertiary alicyclic amines) is 1. The van der Waals surface area contributed by atoms with Gasteiger partial charge in [-0.1, -0.05) is 31.2 Å². The lowest BCUT2D eigenvalue weighted by Gasteiger charge is -2.29. The topological polar surface area (TPSA) is 52.6 Å². The monoisotopic (exact) mass is 290 g/mol. The van der Waals surface area contributed by atoms with Crippen molar-refractivity contribution < 1.29 is 9.90 Å². The van der Waals surface area contributed by atoms with E-state index in [4.69, 9.17) is 0 Å². The molecule has 0 saturated carbocycles. The predicted octanol–water partition coefficient (Wildman–Crippen LogP) is 1.88. The number of carbonyl (C=O) groups is 1. The fourth-order valence-corrected chi connectivity index (χ4v) is 2.79. The number of β-amino-alcohol motifs (C(OH)–C–C–N with tert-alkyl or cyclic N) is 1. The highest BCUT2D eigenvalue weighted by Crippen LogP contribution is 2.14. The quantitative estimate of drug-likeness (QED) is 0.870. The number of nitrogens with one attached hydrogen (secondary N) is 1. The van der Waals surface area contributed by atoms with Gasteiger partial charge >= 0.3 is 0 Å². The Morgan fingerprint density at radius 2 is 2.14 bits per heavy atom. The smallest absolute Gasteiger partial charge is 0.234 e. The van der Waals surface area contributed by atoms with Crippen molar-refractivity contribution in [2.24, 2.45) is 0 Å². The van der Waals surface area contributed by atoms with Crippen LogP contribution in [0.3, 0.4) is 0 Å². The van der Waals surface area contributed by atoms with Crippen molar-refractivity contribution in [1.82, 2.24) is 10.2 Å². The number of amides is 1. The van der Waals surface area contributed by atoms with Crippen molar-refractivity contribution >= 4 is 5.91 Å². The van der Waals surface area contributed by atoms with Gasteiger partial charge < -0.3 is 10.4 Å². The van der Waals surface area contributed by atoms with E-state index in [9.17, 15) is 9.90 Å². The number of hydrogen-bond donors (Lipinski definition) is 2. The minimum atomic E-state index is -0.287. The zero-order chi connectivity index (χ0) is 15.2. The summed E-state index contributed by atoms with van der Waals surface area (Å²) in [6.07, 6.45) is 2.55. The summed E-state index contributed by atoms with van der Waals surface area (Å²) < 4.78 is 0. The molecular formula is C17H26N2O2. The highest BCUT2D eigenvalue weighted by Gasteiger charge is 2.20. The fraction of sp³-hybridized carbons (Fsp3) is 0.588. The van der Waals surface area contributed by atoms with E-state index in [-0.39, 0.29) is 18.1 Å². The van der Waals surface area contributed by atoms with Crippen molar-refractivity contribution in [3.05, 3.63) is 35.4 Å². The largest absolute Gasteiger partial charge is 0.392 e. The number of carbonyl (C=O) groups excluding carboxylic acids is 1. The fourth-order valence-electron chi connectivity index (χ4n) is 2.79. The second kappa shape index (κ2) is 7.57. The molecule has 4 heteroatoms. The minimum absolute atomic E-state index is 0.0121. The summed E-state index contributed by atoms with van der Waals surface area (Å²) in [5.41, 5.74) is 2.43. The molecule has 2 N–H and O–H groups in total. The first-order valence-electron chi connectivity index (χ1n) is 7.87. The number of nitrogens with zero attached hydrogens (tertiary/aromatic N) is 1. The highest BCUT2D eigenvalue weighted by atomic mass is 16.3. The molecule has 2 unspecified atom stereocenters. The molecule has 2 rings (SSSR count). The zero-order valence-corrected chi connectivity index (χ0v) is 13.0. The van der Waals surface area contributed by atoms with Crippen LogP contribution in [0.15, 0.2) is 24.3 Å². The third-order valence-corrected chi connectivity index (χ3v) is 4.11. The molecule has 4 nitrogen and oxygen atoms in total. The molecule has 1 aliphatic rings. The van der Waals surface area contributed by atoms with E-state index in [0.717, 1.165) is 31.4 Å².